The third-order valence-electron chi connectivity index (χ3n) is 2.55. The van der Waals surface area contributed by atoms with Crippen molar-refractivity contribution < 1.29 is 13.5 Å². The molecule has 0 N–H and O–H groups in total. The van der Waals surface area contributed by atoms with Gasteiger partial charge in [-0.25, -0.2) is 8.78 Å². The molecule has 2 aromatic rings. The molecule has 18 heavy (non-hydrogen) atoms. The molecule has 5 heteroatoms. The topological polar surface area (TPSA) is 22.1 Å². The first kappa shape index (κ1) is 12.8. The standard InChI is InChI=1S/C13H10ClF2NO/c1-18-12-7-17-5-4-9(12)11-6-8(14)2-3-10(11)13(15)16/h2-7,13H,1H3. The van der Waals surface area contributed by atoms with Gasteiger partial charge in [0.2, 0.25) is 0 Å². The van der Waals surface area contributed by atoms with E-state index >= 15 is 0 Å². The second kappa shape index (κ2) is 5.31. The Kier molecular flexibility index (Phi) is 3.77. The summed E-state index contributed by atoms with van der Waals surface area (Å²) in [5, 5.41) is 0.397. The van der Waals surface area contributed by atoms with Crippen LogP contribution in [0.15, 0.2) is 36.7 Å². The second-order valence-corrected chi connectivity index (χ2v) is 4.04. The second-order valence-electron chi connectivity index (χ2n) is 3.61. The summed E-state index contributed by atoms with van der Waals surface area (Å²) in [5.41, 5.74) is 0.825. The van der Waals surface area contributed by atoms with Crippen LogP contribution in [0.5, 0.6) is 5.75 Å². The zero-order chi connectivity index (χ0) is 13.1. The highest BCUT2D eigenvalue weighted by Crippen LogP contribution is 2.37. The number of pyridine rings is 1. The largest absolute Gasteiger partial charge is 0.494 e. The van der Waals surface area contributed by atoms with E-state index in [1.54, 1.807) is 6.07 Å². The Morgan fingerprint density at radius 1 is 1.22 bits per heavy atom. The average Bonchev–Trinajstić information content (AvgIpc) is 2.38. The fraction of sp³-hybridized carbons (Fsp3) is 0.154. The van der Waals surface area contributed by atoms with E-state index in [-0.39, 0.29) is 5.56 Å². The Balaban J connectivity index is 2.65. The molecule has 0 fully saturated rings. The molecule has 2 nitrogen and oxygen atoms in total. The third kappa shape index (κ3) is 2.43. The highest BCUT2D eigenvalue weighted by molar-refractivity contribution is 6.30. The molecule has 0 radical (unpaired) electrons. The molecule has 94 valence electrons. The first-order chi connectivity index (χ1) is 8.63. The van der Waals surface area contributed by atoms with Gasteiger partial charge in [0.05, 0.1) is 13.3 Å². The van der Waals surface area contributed by atoms with Crippen molar-refractivity contribution >= 4 is 11.6 Å². The molecular weight excluding hydrogens is 260 g/mol. The molecule has 0 saturated heterocycles. The van der Waals surface area contributed by atoms with Crippen LogP contribution >= 0.6 is 11.6 Å². The Bertz CT molecular complexity index is 560. The van der Waals surface area contributed by atoms with Gasteiger partial charge in [-0.2, -0.15) is 0 Å². The minimum atomic E-state index is -2.57. The van der Waals surface area contributed by atoms with Gasteiger partial charge < -0.3 is 4.74 Å². The molecule has 0 unspecified atom stereocenters. The van der Waals surface area contributed by atoms with E-state index in [9.17, 15) is 8.78 Å². The lowest BCUT2D eigenvalue weighted by molar-refractivity contribution is 0.152. The van der Waals surface area contributed by atoms with Gasteiger partial charge in [0.15, 0.2) is 0 Å². The third-order valence-corrected chi connectivity index (χ3v) is 2.78. The van der Waals surface area contributed by atoms with Crippen molar-refractivity contribution in [1.82, 2.24) is 4.98 Å². The maximum absolute atomic E-state index is 13.0. The average molecular weight is 270 g/mol. The van der Waals surface area contributed by atoms with E-state index in [0.717, 1.165) is 0 Å². The molecule has 0 aliphatic heterocycles. The fourth-order valence-corrected chi connectivity index (χ4v) is 1.89. The van der Waals surface area contributed by atoms with Gasteiger partial charge in [-0.15, -0.1) is 0 Å². The van der Waals surface area contributed by atoms with Crippen LogP contribution in [0.4, 0.5) is 8.78 Å². The summed E-state index contributed by atoms with van der Waals surface area (Å²) in [5.74, 6) is 0.432. The van der Waals surface area contributed by atoms with Gasteiger partial charge in [-0.3, -0.25) is 4.98 Å². The van der Waals surface area contributed by atoms with E-state index < -0.39 is 6.43 Å². The van der Waals surface area contributed by atoms with E-state index in [2.05, 4.69) is 4.98 Å². The monoisotopic (exact) mass is 269 g/mol. The number of hydrogen-bond acceptors (Lipinski definition) is 2. The van der Waals surface area contributed by atoms with Crippen molar-refractivity contribution in [1.29, 1.82) is 0 Å². The van der Waals surface area contributed by atoms with Crippen molar-refractivity contribution in [3.05, 3.63) is 47.2 Å². The summed E-state index contributed by atoms with van der Waals surface area (Å²) in [6.45, 7) is 0. The Morgan fingerprint density at radius 2 is 2.00 bits per heavy atom. The zero-order valence-corrected chi connectivity index (χ0v) is 10.3. The predicted octanol–water partition coefficient (Wildman–Crippen LogP) is 4.35. The highest BCUT2D eigenvalue weighted by Gasteiger charge is 2.17. The molecule has 0 bridgehead atoms. The lowest BCUT2D eigenvalue weighted by atomic mass is 10.00. The summed E-state index contributed by atoms with van der Waals surface area (Å²) in [6.07, 6.45) is 0.426. The molecule has 0 amide bonds. The predicted molar refractivity (Wildman–Crippen MR) is 66.2 cm³/mol. The number of benzene rings is 1. The van der Waals surface area contributed by atoms with Gasteiger partial charge in [0, 0.05) is 22.3 Å². The molecule has 2 rings (SSSR count). The van der Waals surface area contributed by atoms with Crippen LogP contribution in [0.25, 0.3) is 11.1 Å². The lowest BCUT2D eigenvalue weighted by Gasteiger charge is -2.12. The summed E-state index contributed by atoms with van der Waals surface area (Å²) in [7, 11) is 1.47. The smallest absolute Gasteiger partial charge is 0.264 e. The van der Waals surface area contributed by atoms with E-state index in [1.807, 2.05) is 0 Å². The first-order valence-corrected chi connectivity index (χ1v) is 5.57. The molecule has 0 aliphatic rings. The van der Waals surface area contributed by atoms with Gasteiger partial charge in [0.25, 0.3) is 6.43 Å². The van der Waals surface area contributed by atoms with Crippen LogP contribution in [0.1, 0.15) is 12.0 Å². The van der Waals surface area contributed by atoms with Gasteiger partial charge in [-0.05, 0) is 23.8 Å². The zero-order valence-electron chi connectivity index (χ0n) is 9.53. The number of rotatable bonds is 3. The van der Waals surface area contributed by atoms with Gasteiger partial charge >= 0.3 is 0 Å². The van der Waals surface area contributed by atoms with Crippen LogP contribution in [-0.2, 0) is 0 Å². The van der Waals surface area contributed by atoms with Crippen LogP contribution in [0, 0.1) is 0 Å². The number of ether oxygens (including phenoxy) is 1. The fourth-order valence-electron chi connectivity index (χ4n) is 1.72. The van der Waals surface area contributed by atoms with Crippen molar-refractivity contribution in [2.45, 2.75) is 6.43 Å². The van der Waals surface area contributed by atoms with Crippen molar-refractivity contribution in [2.24, 2.45) is 0 Å². The van der Waals surface area contributed by atoms with E-state index in [0.29, 0.717) is 21.9 Å². The number of halogens is 3. The number of alkyl halides is 2. The molecule has 1 aromatic heterocycles. The summed E-state index contributed by atoms with van der Waals surface area (Å²) >= 11 is 5.87. The maximum Gasteiger partial charge on any atom is 0.264 e. The molecule has 1 heterocycles. The van der Waals surface area contributed by atoms with Crippen LogP contribution in [0.3, 0.4) is 0 Å². The summed E-state index contributed by atoms with van der Waals surface area (Å²) < 4.78 is 31.1. The molecule has 0 aliphatic carbocycles. The number of hydrogen-bond donors (Lipinski definition) is 0. The van der Waals surface area contributed by atoms with E-state index in [1.165, 1.54) is 37.7 Å². The summed E-state index contributed by atoms with van der Waals surface area (Å²) in [6, 6.07) is 5.89. The Hall–Kier alpha value is -1.68. The maximum atomic E-state index is 13.0. The normalized spacial score (nSPS) is 10.7. The minimum absolute atomic E-state index is 0.0797. The van der Waals surface area contributed by atoms with Crippen molar-refractivity contribution in [3.8, 4) is 16.9 Å². The highest BCUT2D eigenvalue weighted by atomic mass is 35.5. The number of nitrogens with zero attached hydrogens (tertiary/aromatic N) is 1. The van der Waals surface area contributed by atoms with Crippen LogP contribution in [-0.4, -0.2) is 12.1 Å². The SMILES string of the molecule is COc1cnccc1-c1cc(Cl)ccc1C(F)F. The van der Waals surface area contributed by atoms with E-state index in [4.69, 9.17) is 16.3 Å². The Morgan fingerprint density at radius 3 is 2.67 bits per heavy atom. The van der Waals surface area contributed by atoms with Gasteiger partial charge in [0.1, 0.15) is 5.75 Å². The molecule has 0 atom stereocenters. The van der Waals surface area contributed by atoms with Crippen LogP contribution < -0.4 is 4.74 Å². The van der Waals surface area contributed by atoms with Crippen molar-refractivity contribution in [3.63, 3.8) is 0 Å². The van der Waals surface area contributed by atoms with Crippen molar-refractivity contribution in [2.75, 3.05) is 7.11 Å². The quantitative estimate of drug-likeness (QED) is 0.826. The molecule has 0 spiro atoms. The Labute approximate surface area is 108 Å². The molecule has 1 aromatic carbocycles. The number of aromatic nitrogens is 1. The van der Waals surface area contributed by atoms with Crippen LogP contribution in [0.2, 0.25) is 5.02 Å². The minimum Gasteiger partial charge on any atom is -0.494 e. The molecule has 0 saturated carbocycles. The summed E-state index contributed by atoms with van der Waals surface area (Å²) in [4.78, 5) is 3.89. The first-order valence-electron chi connectivity index (χ1n) is 5.19. The number of methoxy groups -OCH3 is 1. The van der Waals surface area contributed by atoms with Gasteiger partial charge in [-0.1, -0.05) is 17.7 Å². The molecular formula is C13H10ClF2NO. The lowest BCUT2D eigenvalue weighted by Crippen LogP contribution is -1.94.